The number of nitro groups is 1. The van der Waals surface area contributed by atoms with E-state index in [9.17, 15) is 10.1 Å². The standard InChI is InChI=1S/C16H21N3O2/c1-12-2-4-13(5-3-12)8-9-18-15-7-6-14(11-17)10-16(15)19(20)21/h6-7,10,12-13,18H,2-5,8-9H2,1H3. The van der Waals surface area contributed by atoms with Crippen LogP contribution in [0.3, 0.4) is 0 Å². The SMILES string of the molecule is CC1CCC(CCNc2ccc(C#N)cc2[N+](=O)[O-])CC1. The van der Waals surface area contributed by atoms with E-state index in [1.165, 1.54) is 31.7 Å². The second kappa shape index (κ2) is 7.07. The van der Waals surface area contributed by atoms with Crippen molar-refractivity contribution in [1.82, 2.24) is 0 Å². The Morgan fingerprint density at radius 3 is 2.71 bits per heavy atom. The molecule has 5 heteroatoms. The predicted molar refractivity (Wildman–Crippen MR) is 82.0 cm³/mol. The maximum absolute atomic E-state index is 11.0. The van der Waals surface area contributed by atoms with Gasteiger partial charge in [0.2, 0.25) is 0 Å². The summed E-state index contributed by atoms with van der Waals surface area (Å²) < 4.78 is 0. The molecule has 2 rings (SSSR count). The molecule has 1 saturated carbocycles. The number of nitrogens with one attached hydrogen (secondary N) is 1. The maximum atomic E-state index is 11.0. The normalized spacial score (nSPS) is 21.5. The smallest absolute Gasteiger partial charge is 0.293 e. The molecule has 1 aliphatic rings. The summed E-state index contributed by atoms with van der Waals surface area (Å²) in [6.07, 6.45) is 6.16. The van der Waals surface area contributed by atoms with Gasteiger partial charge in [-0.1, -0.05) is 32.6 Å². The largest absolute Gasteiger partial charge is 0.379 e. The van der Waals surface area contributed by atoms with E-state index < -0.39 is 4.92 Å². The van der Waals surface area contributed by atoms with Gasteiger partial charge in [0.25, 0.3) is 5.69 Å². The first-order valence-corrected chi connectivity index (χ1v) is 7.52. The molecule has 21 heavy (non-hydrogen) atoms. The summed E-state index contributed by atoms with van der Waals surface area (Å²) in [6, 6.07) is 6.49. The Kier molecular flexibility index (Phi) is 5.15. The van der Waals surface area contributed by atoms with Crippen LogP contribution in [0.25, 0.3) is 0 Å². The van der Waals surface area contributed by atoms with Crippen LogP contribution in [-0.2, 0) is 0 Å². The molecule has 1 aromatic carbocycles. The van der Waals surface area contributed by atoms with Crippen LogP contribution in [-0.4, -0.2) is 11.5 Å². The van der Waals surface area contributed by atoms with E-state index in [0.29, 0.717) is 11.3 Å². The van der Waals surface area contributed by atoms with Crippen LogP contribution in [0.2, 0.25) is 0 Å². The van der Waals surface area contributed by atoms with Crippen LogP contribution in [0.5, 0.6) is 0 Å². The van der Waals surface area contributed by atoms with E-state index in [2.05, 4.69) is 12.2 Å². The number of hydrogen-bond donors (Lipinski definition) is 1. The van der Waals surface area contributed by atoms with Gasteiger partial charge in [0, 0.05) is 12.6 Å². The Morgan fingerprint density at radius 2 is 2.10 bits per heavy atom. The first kappa shape index (κ1) is 15.3. The van der Waals surface area contributed by atoms with Gasteiger partial charge in [-0.25, -0.2) is 0 Å². The highest BCUT2D eigenvalue weighted by molar-refractivity contribution is 5.63. The zero-order valence-electron chi connectivity index (χ0n) is 12.3. The van der Waals surface area contributed by atoms with E-state index >= 15 is 0 Å². The summed E-state index contributed by atoms with van der Waals surface area (Å²) in [6.45, 7) is 3.04. The lowest BCUT2D eigenvalue weighted by atomic mass is 9.81. The van der Waals surface area contributed by atoms with Gasteiger partial charge in [-0.15, -0.1) is 0 Å². The first-order chi connectivity index (χ1) is 10.1. The molecule has 0 aromatic heterocycles. The topological polar surface area (TPSA) is 79.0 Å². The Morgan fingerprint density at radius 1 is 1.38 bits per heavy atom. The summed E-state index contributed by atoms with van der Waals surface area (Å²) >= 11 is 0. The van der Waals surface area contributed by atoms with Crippen molar-refractivity contribution in [3.05, 3.63) is 33.9 Å². The molecule has 0 bridgehead atoms. The molecule has 0 radical (unpaired) electrons. The Bertz CT molecular complexity index is 543. The second-order valence-electron chi connectivity index (χ2n) is 5.94. The molecule has 0 spiro atoms. The van der Waals surface area contributed by atoms with Gasteiger partial charge in [-0.3, -0.25) is 10.1 Å². The van der Waals surface area contributed by atoms with Crippen molar-refractivity contribution >= 4 is 11.4 Å². The number of nitro benzene ring substituents is 1. The number of hydrogen-bond acceptors (Lipinski definition) is 4. The predicted octanol–water partition coefficient (Wildman–Crippen LogP) is 4.09. The molecule has 0 unspecified atom stereocenters. The van der Waals surface area contributed by atoms with Crippen LogP contribution in [0.15, 0.2) is 18.2 Å². The third-order valence-corrected chi connectivity index (χ3v) is 4.33. The van der Waals surface area contributed by atoms with E-state index in [4.69, 9.17) is 5.26 Å². The third-order valence-electron chi connectivity index (χ3n) is 4.33. The number of nitriles is 1. The highest BCUT2D eigenvalue weighted by Crippen LogP contribution is 2.31. The summed E-state index contributed by atoms with van der Waals surface area (Å²) in [4.78, 5) is 10.6. The quantitative estimate of drug-likeness (QED) is 0.653. The summed E-state index contributed by atoms with van der Waals surface area (Å²) in [5.74, 6) is 1.57. The Balaban J connectivity index is 1.91. The molecule has 1 aromatic rings. The summed E-state index contributed by atoms with van der Waals surface area (Å²) in [5, 5.41) is 23.0. The molecule has 1 fully saturated rings. The van der Waals surface area contributed by atoms with Gasteiger partial charge in [0.15, 0.2) is 0 Å². The van der Waals surface area contributed by atoms with E-state index in [1.54, 1.807) is 12.1 Å². The zero-order valence-corrected chi connectivity index (χ0v) is 12.3. The van der Waals surface area contributed by atoms with E-state index in [1.807, 2.05) is 6.07 Å². The third kappa shape index (κ3) is 4.19. The van der Waals surface area contributed by atoms with E-state index in [-0.39, 0.29) is 5.69 Å². The molecule has 0 atom stereocenters. The minimum atomic E-state index is -0.439. The summed E-state index contributed by atoms with van der Waals surface area (Å²) in [5.41, 5.74) is 0.794. The molecule has 1 aliphatic carbocycles. The summed E-state index contributed by atoms with van der Waals surface area (Å²) in [7, 11) is 0. The monoisotopic (exact) mass is 287 g/mol. The van der Waals surface area contributed by atoms with Gasteiger partial charge >= 0.3 is 0 Å². The lowest BCUT2D eigenvalue weighted by molar-refractivity contribution is -0.384. The highest BCUT2D eigenvalue weighted by atomic mass is 16.6. The van der Waals surface area contributed by atoms with Crippen molar-refractivity contribution in [1.29, 1.82) is 5.26 Å². The number of anilines is 1. The van der Waals surface area contributed by atoms with Crippen LogP contribution in [0.1, 0.15) is 44.6 Å². The first-order valence-electron chi connectivity index (χ1n) is 7.52. The lowest BCUT2D eigenvalue weighted by Crippen LogP contribution is -2.16. The van der Waals surface area contributed by atoms with Gasteiger partial charge in [0.1, 0.15) is 5.69 Å². The van der Waals surface area contributed by atoms with Gasteiger partial charge in [0.05, 0.1) is 16.6 Å². The maximum Gasteiger partial charge on any atom is 0.293 e. The molecular weight excluding hydrogens is 266 g/mol. The van der Waals surface area contributed by atoms with Crippen molar-refractivity contribution in [3.8, 4) is 6.07 Å². The fraction of sp³-hybridized carbons (Fsp3) is 0.562. The lowest BCUT2D eigenvalue weighted by Gasteiger charge is -2.26. The minimum absolute atomic E-state index is 0.0219. The van der Waals surface area contributed by atoms with Crippen molar-refractivity contribution in [2.45, 2.75) is 39.0 Å². The average molecular weight is 287 g/mol. The molecular formula is C16H21N3O2. The number of nitrogens with zero attached hydrogens (tertiary/aromatic N) is 2. The Hall–Kier alpha value is -2.09. The minimum Gasteiger partial charge on any atom is -0.379 e. The molecule has 0 saturated heterocycles. The van der Waals surface area contributed by atoms with Crippen LogP contribution in [0, 0.1) is 33.3 Å². The van der Waals surface area contributed by atoms with Crippen LogP contribution in [0.4, 0.5) is 11.4 Å². The Labute approximate surface area is 125 Å². The molecule has 0 amide bonds. The van der Waals surface area contributed by atoms with Crippen molar-refractivity contribution in [2.24, 2.45) is 11.8 Å². The molecule has 1 N–H and O–H groups in total. The van der Waals surface area contributed by atoms with Crippen molar-refractivity contribution in [3.63, 3.8) is 0 Å². The van der Waals surface area contributed by atoms with Gasteiger partial charge in [-0.05, 0) is 30.4 Å². The average Bonchev–Trinajstić information content (AvgIpc) is 2.49. The van der Waals surface area contributed by atoms with Gasteiger partial charge in [-0.2, -0.15) is 5.26 Å². The molecule has 5 nitrogen and oxygen atoms in total. The zero-order chi connectivity index (χ0) is 15.2. The second-order valence-corrected chi connectivity index (χ2v) is 5.94. The fourth-order valence-corrected chi connectivity index (χ4v) is 2.93. The van der Waals surface area contributed by atoms with Crippen LogP contribution < -0.4 is 5.32 Å². The van der Waals surface area contributed by atoms with Crippen LogP contribution >= 0.6 is 0 Å². The fourth-order valence-electron chi connectivity index (χ4n) is 2.93. The molecule has 112 valence electrons. The molecule has 0 heterocycles. The molecule has 0 aliphatic heterocycles. The van der Waals surface area contributed by atoms with Crippen molar-refractivity contribution < 1.29 is 4.92 Å². The number of benzene rings is 1. The van der Waals surface area contributed by atoms with Crippen molar-refractivity contribution in [2.75, 3.05) is 11.9 Å². The number of rotatable bonds is 5. The van der Waals surface area contributed by atoms with E-state index in [0.717, 1.165) is 24.8 Å². The van der Waals surface area contributed by atoms with Gasteiger partial charge < -0.3 is 5.32 Å². The highest BCUT2D eigenvalue weighted by Gasteiger charge is 2.19.